The number of para-hydroxylation sites is 1. The molecular formula is C21H18O3. The number of benzene rings is 3. The van der Waals surface area contributed by atoms with Crippen LogP contribution in [0.3, 0.4) is 0 Å². The quantitative estimate of drug-likeness (QED) is 0.514. The molecule has 24 heavy (non-hydrogen) atoms. The maximum atomic E-state index is 12.1. The second-order valence-electron chi connectivity index (χ2n) is 5.33. The van der Waals surface area contributed by atoms with Gasteiger partial charge in [-0.05, 0) is 34.5 Å². The minimum Gasteiger partial charge on any atom is -0.489 e. The van der Waals surface area contributed by atoms with Crippen LogP contribution in [0.1, 0.15) is 5.56 Å². The first-order valence-electron chi connectivity index (χ1n) is 7.72. The van der Waals surface area contributed by atoms with Crippen molar-refractivity contribution in [1.29, 1.82) is 0 Å². The molecule has 0 saturated carbocycles. The highest BCUT2D eigenvalue weighted by atomic mass is 16.5. The van der Waals surface area contributed by atoms with E-state index in [0.717, 1.165) is 16.3 Å². The van der Waals surface area contributed by atoms with Gasteiger partial charge in [0.25, 0.3) is 0 Å². The average molecular weight is 318 g/mol. The third-order valence-corrected chi connectivity index (χ3v) is 3.74. The Labute approximate surface area is 141 Å². The van der Waals surface area contributed by atoms with Gasteiger partial charge in [-0.1, -0.05) is 60.7 Å². The van der Waals surface area contributed by atoms with Crippen molar-refractivity contribution in [3.63, 3.8) is 0 Å². The Hall–Kier alpha value is -3.07. The van der Waals surface area contributed by atoms with E-state index in [4.69, 9.17) is 9.47 Å². The minimum absolute atomic E-state index is 0.153. The van der Waals surface area contributed by atoms with Crippen LogP contribution < -0.4 is 4.74 Å². The summed E-state index contributed by atoms with van der Waals surface area (Å²) in [6.45, 7) is 0.153. The monoisotopic (exact) mass is 318 g/mol. The third-order valence-electron chi connectivity index (χ3n) is 3.74. The van der Waals surface area contributed by atoms with Crippen LogP contribution in [-0.2, 0) is 9.53 Å². The molecule has 0 heterocycles. The van der Waals surface area contributed by atoms with Gasteiger partial charge in [-0.15, -0.1) is 0 Å². The van der Waals surface area contributed by atoms with Crippen LogP contribution in [-0.4, -0.2) is 19.7 Å². The van der Waals surface area contributed by atoms with Crippen LogP contribution in [0, 0.1) is 0 Å². The SMILES string of the molecule is COC(=O)/C(=C/c1cccc2ccccc12)COc1ccccc1. The van der Waals surface area contributed by atoms with Gasteiger partial charge in [0, 0.05) is 0 Å². The summed E-state index contributed by atoms with van der Waals surface area (Å²) in [5, 5.41) is 2.21. The highest BCUT2D eigenvalue weighted by molar-refractivity contribution is 5.98. The zero-order valence-corrected chi connectivity index (χ0v) is 13.4. The molecule has 120 valence electrons. The Morgan fingerprint density at radius 2 is 1.62 bits per heavy atom. The molecule has 3 aromatic carbocycles. The molecule has 0 saturated heterocycles. The largest absolute Gasteiger partial charge is 0.489 e. The van der Waals surface area contributed by atoms with Crippen LogP contribution in [0.25, 0.3) is 16.8 Å². The van der Waals surface area contributed by atoms with Gasteiger partial charge in [0.1, 0.15) is 12.4 Å². The number of hydrogen-bond donors (Lipinski definition) is 0. The topological polar surface area (TPSA) is 35.5 Å². The lowest BCUT2D eigenvalue weighted by atomic mass is 10.0. The number of rotatable bonds is 5. The minimum atomic E-state index is -0.390. The van der Waals surface area contributed by atoms with Gasteiger partial charge in [-0.3, -0.25) is 0 Å². The molecule has 0 fully saturated rings. The van der Waals surface area contributed by atoms with E-state index >= 15 is 0 Å². The van der Waals surface area contributed by atoms with Crippen molar-refractivity contribution in [2.24, 2.45) is 0 Å². The highest BCUT2D eigenvalue weighted by Crippen LogP contribution is 2.21. The molecular weight excluding hydrogens is 300 g/mol. The van der Waals surface area contributed by atoms with Crippen molar-refractivity contribution in [2.75, 3.05) is 13.7 Å². The number of hydrogen-bond acceptors (Lipinski definition) is 3. The van der Waals surface area contributed by atoms with E-state index in [9.17, 15) is 4.79 Å². The Kier molecular flexibility index (Phi) is 4.92. The lowest BCUT2D eigenvalue weighted by molar-refractivity contribution is -0.136. The molecule has 0 aliphatic heterocycles. The second kappa shape index (κ2) is 7.47. The van der Waals surface area contributed by atoms with Gasteiger partial charge in [0.05, 0.1) is 12.7 Å². The van der Waals surface area contributed by atoms with Crippen LogP contribution in [0.5, 0.6) is 5.75 Å². The summed E-state index contributed by atoms with van der Waals surface area (Å²) in [5.74, 6) is 0.323. The maximum absolute atomic E-state index is 12.1. The van der Waals surface area contributed by atoms with E-state index in [1.807, 2.05) is 78.9 Å². The Balaban J connectivity index is 1.92. The molecule has 0 radical (unpaired) electrons. The fraction of sp³-hybridized carbons (Fsp3) is 0.0952. The summed E-state index contributed by atoms with van der Waals surface area (Å²) in [4.78, 5) is 12.1. The van der Waals surface area contributed by atoms with Gasteiger partial charge < -0.3 is 9.47 Å². The Morgan fingerprint density at radius 3 is 2.42 bits per heavy atom. The molecule has 0 atom stereocenters. The molecule has 0 spiro atoms. The van der Waals surface area contributed by atoms with E-state index < -0.39 is 0 Å². The van der Waals surface area contributed by atoms with E-state index in [1.165, 1.54) is 7.11 Å². The van der Waals surface area contributed by atoms with Crippen LogP contribution in [0.4, 0.5) is 0 Å². The standard InChI is InChI=1S/C21H18O3/c1-23-21(22)18(15-24-19-11-3-2-4-12-19)14-17-10-7-9-16-8-5-6-13-20(16)17/h2-14H,15H2,1H3/b18-14+. The summed E-state index contributed by atoms with van der Waals surface area (Å²) in [6, 6.07) is 23.5. The number of carbonyl (C=O) groups excluding carboxylic acids is 1. The molecule has 0 aliphatic rings. The van der Waals surface area contributed by atoms with Crippen molar-refractivity contribution in [3.8, 4) is 5.75 Å². The molecule has 0 aliphatic carbocycles. The summed E-state index contributed by atoms with van der Waals surface area (Å²) in [6.07, 6.45) is 1.83. The van der Waals surface area contributed by atoms with Crippen LogP contribution in [0.2, 0.25) is 0 Å². The summed E-state index contributed by atoms with van der Waals surface area (Å²) >= 11 is 0. The molecule has 3 heteroatoms. The van der Waals surface area contributed by atoms with Crippen molar-refractivity contribution >= 4 is 22.8 Å². The predicted molar refractivity (Wildman–Crippen MR) is 95.9 cm³/mol. The molecule has 3 rings (SSSR count). The molecule has 0 amide bonds. The first-order valence-corrected chi connectivity index (χ1v) is 7.72. The number of carbonyl (C=O) groups is 1. The average Bonchev–Trinajstić information content (AvgIpc) is 2.65. The van der Waals surface area contributed by atoms with Crippen molar-refractivity contribution in [2.45, 2.75) is 0 Å². The van der Waals surface area contributed by atoms with Crippen LogP contribution in [0.15, 0.2) is 78.4 Å². The number of ether oxygens (including phenoxy) is 2. The molecule has 0 aromatic heterocycles. The molecule has 0 N–H and O–H groups in total. The van der Waals surface area contributed by atoms with Gasteiger partial charge >= 0.3 is 5.97 Å². The summed E-state index contributed by atoms with van der Waals surface area (Å²) < 4.78 is 10.6. The van der Waals surface area contributed by atoms with Gasteiger partial charge in [-0.25, -0.2) is 4.79 Å². The summed E-state index contributed by atoms with van der Waals surface area (Å²) in [7, 11) is 1.38. The second-order valence-corrected chi connectivity index (χ2v) is 5.33. The van der Waals surface area contributed by atoms with Crippen molar-refractivity contribution in [1.82, 2.24) is 0 Å². The zero-order valence-electron chi connectivity index (χ0n) is 13.4. The summed E-state index contributed by atoms with van der Waals surface area (Å²) in [5.41, 5.74) is 1.43. The molecule has 3 nitrogen and oxygen atoms in total. The third kappa shape index (κ3) is 3.63. The van der Waals surface area contributed by atoms with Gasteiger partial charge in [0.15, 0.2) is 0 Å². The fourth-order valence-electron chi connectivity index (χ4n) is 2.53. The van der Waals surface area contributed by atoms with E-state index in [1.54, 1.807) is 0 Å². The number of fused-ring (bicyclic) bond motifs is 1. The molecule has 3 aromatic rings. The number of methoxy groups -OCH3 is 1. The van der Waals surface area contributed by atoms with E-state index in [0.29, 0.717) is 11.3 Å². The first kappa shape index (κ1) is 15.8. The molecule has 0 bridgehead atoms. The predicted octanol–water partition coefficient (Wildman–Crippen LogP) is 4.48. The normalized spacial score (nSPS) is 11.3. The van der Waals surface area contributed by atoms with Crippen molar-refractivity contribution < 1.29 is 14.3 Å². The fourth-order valence-corrected chi connectivity index (χ4v) is 2.53. The Bertz CT molecular complexity index is 861. The van der Waals surface area contributed by atoms with Gasteiger partial charge in [-0.2, -0.15) is 0 Å². The number of esters is 1. The smallest absolute Gasteiger partial charge is 0.337 e. The lowest BCUT2D eigenvalue weighted by Gasteiger charge is -2.09. The lowest BCUT2D eigenvalue weighted by Crippen LogP contribution is -2.12. The van der Waals surface area contributed by atoms with Crippen molar-refractivity contribution in [3.05, 3.63) is 83.9 Å². The van der Waals surface area contributed by atoms with Crippen LogP contribution >= 0.6 is 0 Å². The molecule has 0 unspecified atom stereocenters. The van der Waals surface area contributed by atoms with Gasteiger partial charge in [0.2, 0.25) is 0 Å². The highest BCUT2D eigenvalue weighted by Gasteiger charge is 2.12. The van der Waals surface area contributed by atoms with E-state index in [-0.39, 0.29) is 12.6 Å². The first-order chi connectivity index (χ1) is 11.8. The zero-order chi connectivity index (χ0) is 16.8. The van der Waals surface area contributed by atoms with E-state index in [2.05, 4.69) is 0 Å². The Morgan fingerprint density at radius 1 is 0.917 bits per heavy atom. The maximum Gasteiger partial charge on any atom is 0.337 e.